The molecule has 0 fully saturated rings. The van der Waals surface area contributed by atoms with Gasteiger partial charge in [0.1, 0.15) is 5.75 Å². The first kappa shape index (κ1) is 39.0. The number of anilines is 2. The maximum atomic E-state index is 5.75. The van der Waals surface area contributed by atoms with Crippen molar-refractivity contribution in [1.82, 2.24) is 9.97 Å². The third-order valence-electron chi connectivity index (χ3n) is 9.57. The van der Waals surface area contributed by atoms with Crippen LogP contribution >= 0.6 is 27.3 Å². The first-order valence-electron chi connectivity index (χ1n) is 18.1. The lowest BCUT2D eigenvalue weighted by molar-refractivity contribution is 0.407. The lowest BCUT2D eigenvalue weighted by Gasteiger charge is -2.35. The normalized spacial score (nSPS) is 14.2. The molecule has 0 bridgehead atoms. The van der Waals surface area contributed by atoms with Crippen LogP contribution < -0.4 is 14.5 Å². The Morgan fingerprint density at radius 3 is 2.40 bits per heavy atom. The Bertz CT molecular complexity index is 2070. The molecule has 11 heteroatoms. The number of thiazole rings is 1. The minimum atomic E-state index is 0.587. The maximum Gasteiger partial charge on any atom is 0.231 e. The molecule has 1 atom stereocenters. The molecule has 5 aromatic rings. The number of nitrogens with zero attached hydrogens (tertiary/aromatic N) is 8. The molecule has 0 N–H and O–H groups in total. The number of halogens is 1. The van der Waals surface area contributed by atoms with Crippen molar-refractivity contribution in [1.29, 1.82) is 0 Å². The van der Waals surface area contributed by atoms with E-state index in [1.165, 1.54) is 38.3 Å². The largest absolute Gasteiger partial charge is 0.494 e. The van der Waals surface area contributed by atoms with Crippen LogP contribution in [0.4, 0.5) is 33.7 Å². The van der Waals surface area contributed by atoms with Crippen molar-refractivity contribution in [3.8, 4) is 5.75 Å². The Hall–Kier alpha value is -4.22. The predicted molar refractivity (Wildman–Crippen MR) is 222 cm³/mol. The number of hydrogen-bond donors (Lipinski definition) is 0. The molecular weight excluding hydrogens is 732 g/mol. The third kappa shape index (κ3) is 8.86. The topological polar surface area (TPSA) is 90.9 Å². The first-order valence-corrected chi connectivity index (χ1v) is 19.7. The molecule has 0 saturated carbocycles. The average Bonchev–Trinajstić information content (AvgIpc) is 3.52. The van der Waals surface area contributed by atoms with E-state index in [2.05, 4.69) is 142 Å². The summed E-state index contributed by atoms with van der Waals surface area (Å²) in [6, 6.07) is 14.5. The van der Waals surface area contributed by atoms with E-state index in [1.807, 2.05) is 19.1 Å². The summed E-state index contributed by atoms with van der Waals surface area (Å²) in [6.07, 6.45) is 4.92. The second kappa shape index (κ2) is 17.5. The molecule has 6 rings (SSSR count). The van der Waals surface area contributed by atoms with Gasteiger partial charge < -0.3 is 14.5 Å². The van der Waals surface area contributed by atoms with Gasteiger partial charge in [0.15, 0.2) is 5.82 Å². The molecule has 3 heterocycles. The Morgan fingerprint density at radius 2 is 1.75 bits per heavy atom. The van der Waals surface area contributed by atoms with Gasteiger partial charge in [0, 0.05) is 48.6 Å². The van der Waals surface area contributed by atoms with Gasteiger partial charge in [-0.1, -0.05) is 32.1 Å². The number of azo groups is 2. The van der Waals surface area contributed by atoms with Crippen LogP contribution in [0.2, 0.25) is 0 Å². The maximum absolute atomic E-state index is 5.75. The number of ether oxygens (including phenoxy) is 1. The zero-order valence-corrected chi connectivity index (χ0v) is 34.6. The van der Waals surface area contributed by atoms with E-state index < -0.39 is 0 Å². The molecule has 0 spiro atoms. The van der Waals surface area contributed by atoms with Gasteiger partial charge in [0.05, 0.1) is 34.4 Å². The fourth-order valence-corrected chi connectivity index (χ4v) is 7.99. The minimum Gasteiger partial charge on any atom is -0.494 e. The zero-order chi connectivity index (χ0) is 37.5. The van der Waals surface area contributed by atoms with Gasteiger partial charge in [-0.25, -0.2) is 9.97 Å². The van der Waals surface area contributed by atoms with Crippen LogP contribution in [-0.4, -0.2) is 43.8 Å². The first-order chi connectivity index (χ1) is 25.0. The van der Waals surface area contributed by atoms with E-state index in [4.69, 9.17) is 4.74 Å². The molecule has 0 amide bonds. The molecule has 1 unspecified atom stereocenters. The van der Waals surface area contributed by atoms with E-state index in [-0.39, 0.29) is 0 Å². The molecule has 1 aliphatic rings. The molecule has 0 saturated heterocycles. The van der Waals surface area contributed by atoms with Gasteiger partial charge in [-0.15, -0.1) is 20.5 Å². The van der Waals surface area contributed by atoms with E-state index in [1.54, 1.807) is 24.6 Å². The van der Waals surface area contributed by atoms with Crippen LogP contribution in [0, 0.1) is 33.6 Å². The summed E-state index contributed by atoms with van der Waals surface area (Å²) in [5.74, 6) is 2.08. The van der Waals surface area contributed by atoms with E-state index in [0.717, 1.165) is 77.1 Å². The molecular formula is C41H51BrN8OS. The van der Waals surface area contributed by atoms with Crippen molar-refractivity contribution in [2.24, 2.45) is 26.4 Å². The van der Waals surface area contributed by atoms with Crippen LogP contribution in [0.25, 0.3) is 10.2 Å². The summed E-state index contributed by atoms with van der Waals surface area (Å²) >= 11 is 4.97. The van der Waals surface area contributed by atoms with Crippen LogP contribution in [0.3, 0.4) is 0 Å². The molecule has 2 aromatic heterocycles. The van der Waals surface area contributed by atoms with Gasteiger partial charge in [-0.3, -0.25) is 0 Å². The van der Waals surface area contributed by atoms with Crippen molar-refractivity contribution in [2.75, 3.05) is 43.6 Å². The average molecular weight is 784 g/mol. The highest BCUT2D eigenvalue weighted by Gasteiger charge is 2.28. The van der Waals surface area contributed by atoms with E-state index >= 15 is 0 Å². The van der Waals surface area contributed by atoms with Crippen LogP contribution in [0.15, 0.2) is 73.6 Å². The molecule has 52 heavy (non-hydrogen) atoms. The Labute approximate surface area is 321 Å². The fourth-order valence-electron chi connectivity index (χ4n) is 6.89. The van der Waals surface area contributed by atoms with Gasteiger partial charge in [-0.2, -0.15) is 0 Å². The number of aryl methyl sites for hydroxylation is 3. The number of benzene rings is 3. The summed E-state index contributed by atoms with van der Waals surface area (Å²) in [5.41, 5.74) is 12.5. The second-order valence-electron chi connectivity index (χ2n) is 13.5. The van der Waals surface area contributed by atoms with Crippen molar-refractivity contribution in [3.63, 3.8) is 0 Å². The van der Waals surface area contributed by atoms with Crippen molar-refractivity contribution >= 4 is 71.2 Å². The summed E-state index contributed by atoms with van der Waals surface area (Å²) < 4.78 is 7.84. The van der Waals surface area contributed by atoms with Gasteiger partial charge in [-0.05, 0) is 146 Å². The fraction of sp³-hybridized carbons (Fsp3) is 0.415. The van der Waals surface area contributed by atoms with E-state index in [0.29, 0.717) is 16.9 Å². The Balaban J connectivity index is 0.000000202. The summed E-state index contributed by atoms with van der Waals surface area (Å²) in [7, 11) is 3.85. The number of rotatable bonds is 10. The Morgan fingerprint density at radius 1 is 0.962 bits per heavy atom. The number of fused-ring (bicyclic) bond motifs is 2. The lowest BCUT2D eigenvalue weighted by atomic mass is 9.88. The predicted octanol–water partition coefficient (Wildman–Crippen LogP) is 12.6. The molecule has 274 valence electrons. The summed E-state index contributed by atoms with van der Waals surface area (Å²) in [4.78, 5) is 13.6. The number of pyridine rings is 1. The number of hydrogen-bond acceptors (Lipinski definition) is 10. The van der Waals surface area contributed by atoms with Gasteiger partial charge in [0.25, 0.3) is 0 Å². The van der Waals surface area contributed by atoms with Gasteiger partial charge in [0.2, 0.25) is 5.13 Å². The SMILES string of the molecule is CCCN(CC)c1ccc(N=Nc2nc3cc(CC)c(C)cc3s2)c(C)c1.COc1c(C)c(N=Nc2ccc(Br)cn2)c(C)c2c1N(C)CC(C)C2. The smallest absolute Gasteiger partial charge is 0.231 e. The zero-order valence-electron chi connectivity index (χ0n) is 32.2. The third-order valence-corrected chi connectivity index (χ3v) is 10.9. The molecule has 3 aromatic carbocycles. The summed E-state index contributed by atoms with van der Waals surface area (Å²) in [5, 5.41) is 18.4. The van der Waals surface area contributed by atoms with Crippen LogP contribution in [-0.2, 0) is 12.8 Å². The molecule has 1 aliphatic heterocycles. The molecule has 0 aliphatic carbocycles. The van der Waals surface area contributed by atoms with Crippen molar-refractivity contribution in [2.45, 2.75) is 74.7 Å². The van der Waals surface area contributed by atoms with Crippen LogP contribution in [0.5, 0.6) is 5.75 Å². The highest BCUT2D eigenvalue weighted by Crippen LogP contribution is 2.46. The quantitative estimate of drug-likeness (QED) is 0.132. The highest BCUT2D eigenvalue weighted by molar-refractivity contribution is 9.10. The lowest BCUT2D eigenvalue weighted by Crippen LogP contribution is -2.31. The Kier molecular flexibility index (Phi) is 13.1. The number of methoxy groups -OCH3 is 1. The van der Waals surface area contributed by atoms with Crippen LogP contribution in [0.1, 0.15) is 67.5 Å². The van der Waals surface area contributed by atoms with Gasteiger partial charge >= 0.3 is 0 Å². The summed E-state index contributed by atoms with van der Waals surface area (Å²) in [6.45, 7) is 20.4. The molecule has 0 radical (unpaired) electrons. The van der Waals surface area contributed by atoms with Crippen molar-refractivity contribution in [3.05, 3.63) is 86.5 Å². The minimum absolute atomic E-state index is 0.587. The highest BCUT2D eigenvalue weighted by atomic mass is 79.9. The number of aromatic nitrogens is 2. The second-order valence-corrected chi connectivity index (χ2v) is 15.5. The standard InChI is InChI=1S/C22H28N4S.C19H23BrN4O/c1-6-11-26(8-3)18-9-10-19(16(5)12-18)24-25-22-23-20-14-17(7-2)15(4)13-21(20)27-22;1-11-8-15-12(2)17(23-22-16-7-6-14(20)9-21-16)13(3)19(25-5)18(15)24(4)10-11/h9-10,12-14H,6-8,11H2,1-5H3;6-7,9,11H,8,10H2,1-5H3. The monoisotopic (exact) mass is 782 g/mol. The van der Waals surface area contributed by atoms with E-state index in [9.17, 15) is 0 Å². The molecule has 9 nitrogen and oxygen atoms in total. The van der Waals surface area contributed by atoms with Crippen molar-refractivity contribution < 1.29 is 4.74 Å².